The molecule has 0 aliphatic carbocycles. The Kier molecular flexibility index (Phi) is 18.3. The number of nitriles is 2. The Hall–Kier alpha value is -8.66. The van der Waals surface area contributed by atoms with Crippen LogP contribution in [0, 0.1) is 34.5 Å². The maximum absolute atomic E-state index is 13.1. The number of hydrogen-bond donors (Lipinski definition) is 5. The number of anilines is 7. The second-order valence-corrected chi connectivity index (χ2v) is 19.2. The second-order valence-electron chi connectivity index (χ2n) is 19.2. The van der Waals surface area contributed by atoms with Crippen molar-refractivity contribution in [3.63, 3.8) is 0 Å². The van der Waals surface area contributed by atoms with Gasteiger partial charge < -0.3 is 50.6 Å². The monoisotopic (exact) mass is 995 g/mol. The first-order valence-corrected chi connectivity index (χ1v) is 23.7. The lowest BCUT2D eigenvalue weighted by atomic mass is 9.97. The molecular weight excluding hydrogens is 935 g/mol. The van der Waals surface area contributed by atoms with Gasteiger partial charge in [0.15, 0.2) is 11.4 Å². The van der Waals surface area contributed by atoms with Crippen LogP contribution in [0.5, 0.6) is 0 Å². The minimum absolute atomic E-state index is 0.208. The van der Waals surface area contributed by atoms with Gasteiger partial charge in [0.1, 0.15) is 52.2 Å². The van der Waals surface area contributed by atoms with Crippen LogP contribution in [0.3, 0.4) is 0 Å². The molecule has 1 aromatic carbocycles. The SMILES string of the molecule is CC(C)(C)OC(=O)N1CCC(CNc2cc(Nc3cnc(C#N)cn3)ncc2C(=O)Nc2ccccc2)CC1.COC(=O)c1cnc(Nc2cnc(C#N)cn2)cc1NCC1CCN(C(=O)OC(C)(C)C)CC1. The number of carbonyl (C=O) groups is 4. The van der Waals surface area contributed by atoms with Gasteiger partial charge in [0.2, 0.25) is 0 Å². The van der Waals surface area contributed by atoms with Gasteiger partial charge >= 0.3 is 18.2 Å². The lowest BCUT2D eigenvalue weighted by Gasteiger charge is -2.33. The molecule has 5 aromatic rings. The summed E-state index contributed by atoms with van der Waals surface area (Å²) < 4.78 is 15.8. The van der Waals surface area contributed by atoms with Crippen LogP contribution >= 0.6 is 0 Å². The number of benzene rings is 1. The van der Waals surface area contributed by atoms with Gasteiger partial charge in [-0.1, -0.05) is 18.2 Å². The molecule has 5 N–H and O–H groups in total. The van der Waals surface area contributed by atoms with Crippen LogP contribution in [0.4, 0.5) is 49.9 Å². The number of nitrogens with one attached hydrogen (secondary N) is 5. The molecule has 0 saturated carbocycles. The summed E-state index contributed by atoms with van der Waals surface area (Å²) in [7, 11) is 1.32. The van der Waals surface area contributed by atoms with E-state index in [1.165, 1.54) is 44.3 Å². The third-order valence-corrected chi connectivity index (χ3v) is 11.2. The van der Waals surface area contributed by atoms with E-state index >= 15 is 0 Å². The van der Waals surface area contributed by atoms with Crippen molar-refractivity contribution in [3.05, 3.63) is 102 Å². The molecule has 6 heterocycles. The van der Waals surface area contributed by atoms with E-state index in [1.807, 2.05) is 84.0 Å². The number of ether oxygens (including phenoxy) is 3. The van der Waals surface area contributed by atoms with Crippen LogP contribution in [0.15, 0.2) is 79.6 Å². The van der Waals surface area contributed by atoms with Gasteiger partial charge in [-0.3, -0.25) is 4.79 Å². The van der Waals surface area contributed by atoms with Gasteiger partial charge in [-0.15, -0.1) is 0 Å². The van der Waals surface area contributed by atoms with E-state index in [4.69, 9.17) is 24.7 Å². The first kappa shape index (κ1) is 53.7. The number of methoxy groups -OCH3 is 1. The van der Waals surface area contributed by atoms with Gasteiger partial charge in [0.25, 0.3) is 5.91 Å². The topological polar surface area (TPSA) is 288 Å². The molecule has 2 aliphatic heterocycles. The average molecular weight is 996 g/mol. The van der Waals surface area contributed by atoms with Gasteiger partial charge in [-0.2, -0.15) is 10.5 Å². The molecule has 0 radical (unpaired) electrons. The molecule has 0 unspecified atom stereocenters. The zero-order valence-electron chi connectivity index (χ0n) is 42.1. The fraction of sp³-hybridized carbons (Fsp3) is 0.412. The summed E-state index contributed by atoms with van der Waals surface area (Å²) in [6.07, 6.45) is 11.2. The maximum atomic E-state index is 13.1. The molecule has 2 fully saturated rings. The molecule has 3 amide bonds. The highest BCUT2D eigenvalue weighted by Crippen LogP contribution is 2.27. The number of rotatable bonds is 13. The largest absolute Gasteiger partial charge is 0.465 e. The quantitative estimate of drug-likeness (QED) is 0.0549. The molecule has 7 rings (SSSR count). The summed E-state index contributed by atoms with van der Waals surface area (Å²) in [5.74, 6) is 1.59. The Morgan fingerprint density at radius 3 is 1.42 bits per heavy atom. The van der Waals surface area contributed by atoms with Crippen molar-refractivity contribution < 1.29 is 33.4 Å². The average Bonchev–Trinajstić information content (AvgIpc) is 3.37. The van der Waals surface area contributed by atoms with Crippen LogP contribution in [-0.4, -0.2) is 121 Å². The van der Waals surface area contributed by atoms with Gasteiger partial charge in [-0.25, -0.2) is 44.3 Å². The summed E-state index contributed by atoms with van der Waals surface area (Å²) in [6.45, 7) is 14.8. The van der Waals surface area contributed by atoms with Gasteiger partial charge in [0, 0.05) is 69.5 Å². The van der Waals surface area contributed by atoms with Crippen molar-refractivity contribution in [2.24, 2.45) is 11.8 Å². The van der Waals surface area contributed by atoms with Crippen LogP contribution in [0.25, 0.3) is 0 Å². The normalized spacial score (nSPS) is 13.9. The lowest BCUT2D eigenvalue weighted by Crippen LogP contribution is -2.42. The number of nitrogens with zero attached hydrogens (tertiary/aromatic N) is 10. The standard InChI is InChI=1S/C28H32N8O3.C23H29N7O4/c1-28(2,3)39-27(38)36-11-9-19(10-12-36)15-31-23-13-24(35-25-18-30-21(14-29)16-32-25)33-17-22(23)26(37)34-20-7-5-4-6-8-20;1-23(2,3)34-22(32)30-7-5-15(6-8-30)11-26-18-9-19(28-13-17(18)21(31)33-4)29-20-14-25-16(10-24)12-27-20/h4-8,13,16-19H,9-12,15H2,1-3H3,(H,34,37)(H2,31,32,33,35);9,12-15H,5-8,11H2,1-4H3,(H2,26,27,28,29). The van der Waals surface area contributed by atoms with E-state index in [2.05, 4.69) is 56.5 Å². The minimum atomic E-state index is -0.525. The predicted octanol–water partition coefficient (Wildman–Crippen LogP) is 8.13. The van der Waals surface area contributed by atoms with Crippen molar-refractivity contribution in [2.75, 3.05) is 73.0 Å². The Labute approximate surface area is 424 Å². The Morgan fingerprint density at radius 1 is 0.603 bits per heavy atom. The number of aromatic nitrogens is 6. The van der Waals surface area contributed by atoms with Crippen molar-refractivity contribution in [3.8, 4) is 12.1 Å². The first-order chi connectivity index (χ1) is 34.9. The first-order valence-electron chi connectivity index (χ1n) is 23.7. The van der Waals surface area contributed by atoms with Crippen molar-refractivity contribution in [1.29, 1.82) is 10.5 Å². The smallest absolute Gasteiger partial charge is 0.410 e. The molecule has 22 nitrogen and oxygen atoms in total. The molecule has 4 aromatic heterocycles. The summed E-state index contributed by atoms with van der Waals surface area (Å²) in [4.78, 5) is 78.4. The molecular formula is C51H61N15O7. The number of esters is 1. The number of hydrogen-bond acceptors (Lipinski definition) is 19. The molecule has 0 bridgehead atoms. The van der Waals surface area contributed by atoms with Crippen LogP contribution in [0.1, 0.15) is 99.3 Å². The second kappa shape index (κ2) is 24.9. The molecule has 22 heteroatoms. The van der Waals surface area contributed by atoms with Crippen molar-refractivity contribution in [1.82, 2.24) is 39.7 Å². The molecule has 382 valence electrons. The fourth-order valence-corrected chi connectivity index (χ4v) is 7.48. The minimum Gasteiger partial charge on any atom is -0.465 e. The highest BCUT2D eigenvalue weighted by atomic mass is 16.6. The zero-order valence-corrected chi connectivity index (χ0v) is 42.1. The molecule has 0 spiro atoms. The Bertz CT molecular complexity index is 2760. The maximum Gasteiger partial charge on any atom is 0.410 e. The van der Waals surface area contributed by atoms with E-state index in [0.29, 0.717) is 103 Å². The molecule has 2 aliphatic rings. The van der Waals surface area contributed by atoms with Gasteiger partial charge in [0.05, 0.1) is 48.8 Å². The summed E-state index contributed by atoms with van der Waals surface area (Å²) in [5.41, 5.74) is 1.93. The van der Waals surface area contributed by atoms with Crippen LogP contribution in [-0.2, 0) is 14.2 Å². The Morgan fingerprint density at radius 2 is 1.03 bits per heavy atom. The van der Waals surface area contributed by atoms with E-state index in [-0.39, 0.29) is 29.5 Å². The summed E-state index contributed by atoms with van der Waals surface area (Å²) >= 11 is 0. The number of carbonyl (C=O) groups excluding carboxylic acids is 4. The van der Waals surface area contributed by atoms with E-state index in [9.17, 15) is 19.2 Å². The highest BCUT2D eigenvalue weighted by molar-refractivity contribution is 6.08. The predicted molar refractivity (Wildman–Crippen MR) is 272 cm³/mol. The molecule has 73 heavy (non-hydrogen) atoms. The summed E-state index contributed by atoms with van der Waals surface area (Å²) in [5, 5.41) is 33.5. The molecule has 2 saturated heterocycles. The van der Waals surface area contributed by atoms with Crippen molar-refractivity contribution >= 4 is 64.4 Å². The third kappa shape index (κ3) is 16.7. The molecule has 0 atom stereocenters. The Balaban J connectivity index is 0.000000241. The number of likely N-dealkylation sites (tertiary alicyclic amines) is 2. The van der Waals surface area contributed by atoms with Crippen LogP contribution in [0.2, 0.25) is 0 Å². The third-order valence-electron chi connectivity index (χ3n) is 11.2. The number of amides is 3. The van der Waals surface area contributed by atoms with Gasteiger partial charge in [-0.05, 0) is 91.2 Å². The van der Waals surface area contributed by atoms with E-state index in [0.717, 1.165) is 25.7 Å². The van der Waals surface area contributed by atoms with E-state index in [1.54, 1.807) is 21.9 Å². The fourth-order valence-electron chi connectivity index (χ4n) is 7.48. The van der Waals surface area contributed by atoms with Crippen molar-refractivity contribution in [2.45, 2.75) is 78.4 Å². The van der Waals surface area contributed by atoms with E-state index < -0.39 is 17.2 Å². The number of para-hydroxylation sites is 1. The van der Waals surface area contributed by atoms with Crippen LogP contribution < -0.4 is 26.6 Å². The zero-order chi connectivity index (χ0) is 52.5. The number of pyridine rings is 2. The highest BCUT2D eigenvalue weighted by Gasteiger charge is 2.29. The summed E-state index contributed by atoms with van der Waals surface area (Å²) in [6, 6.07) is 16.5. The lowest BCUT2D eigenvalue weighted by molar-refractivity contribution is 0.0177. The number of piperidine rings is 2.